The van der Waals surface area contributed by atoms with E-state index < -0.39 is 11.6 Å². The predicted octanol–water partition coefficient (Wildman–Crippen LogP) is 2.77. The highest BCUT2D eigenvalue weighted by atomic mass is 19.1. The van der Waals surface area contributed by atoms with Crippen molar-refractivity contribution >= 4 is 11.4 Å². The summed E-state index contributed by atoms with van der Waals surface area (Å²) in [6, 6.07) is 4.82. The number of allylic oxidation sites excluding steroid dienone is 1. The number of hydrogen-bond donors (Lipinski definition) is 1. The molecule has 2 N–H and O–H groups in total. The number of benzene rings is 1. The highest BCUT2D eigenvalue weighted by molar-refractivity contribution is 5.61. The zero-order chi connectivity index (χ0) is 12.6. The van der Waals surface area contributed by atoms with Crippen LogP contribution in [0.1, 0.15) is 12.6 Å². The monoisotopic (exact) mass is 235 g/mol. The zero-order valence-corrected chi connectivity index (χ0v) is 9.24. The lowest BCUT2D eigenvalue weighted by molar-refractivity contribution is 0.574. The van der Waals surface area contributed by atoms with Crippen molar-refractivity contribution in [2.75, 3.05) is 5.73 Å². The van der Waals surface area contributed by atoms with Gasteiger partial charge in [0.05, 0.1) is 5.69 Å². The van der Waals surface area contributed by atoms with Gasteiger partial charge in [0, 0.05) is 12.1 Å². The Bertz CT molecular complexity index is 587. The third-order valence-corrected chi connectivity index (χ3v) is 2.31. The molecule has 2 rings (SSSR count). The summed E-state index contributed by atoms with van der Waals surface area (Å²) in [4.78, 5) is 0. The number of nitrogens with two attached hydrogens (primary N) is 1. The highest BCUT2D eigenvalue weighted by Gasteiger charge is 2.11. The quantitative estimate of drug-likeness (QED) is 0.869. The van der Waals surface area contributed by atoms with Crippen LogP contribution < -0.4 is 5.73 Å². The van der Waals surface area contributed by atoms with Crippen molar-refractivity contribution in [1.29, 1.82) is 0 Å². The molecular weight excluding hydrogens is 224 g/mol. The van der Waals surface area contributed by atoms with Gasteiger partial charge in [0.25, 0.3) is 0 Å². The first-order chi connectivity index (χ1) is 7.99. The maximum atomic E-state index is 13.5. The second-order valence-corrected chi connectivity index (χ2v) is 3.74. The summed E-state index contributed by atoms with van der Waals surface area (Å²) < 4.78 is 27.6. The molecule has 1 aromatic carbocycles. The highest BCUT2D eigenvalue weighted by Crippen LogP contribution is 2.21. The molecule has 0 fully saturated rings. The average Bonchev–Trinajstić information content (AvgIpc) is 2.61. The summed E-state index contributed by atoms with van der Waals surface area (Å²) in [5, 5.41) is 4.10. The molecule has 88 valence electrons. The lowest BCUT2D eigenvalue weighted by atomic mass is 10.2. The molecule has 0 unspecified atom stereocenters. The normalized spacial score (nSPS) is 10.5. The molecule has 3 nitrogen and oxygen atoms in total. The first-order valence-electron chi connectivity index (χ1n) is 4.96. The van der Waals surface area contributed by atoms with Crippen LogP contribution in [0.25, 0.3) is 11.3 Å². The summed E-state index contributed by atoms with van der Waals surface area (Å²) in [5.74, 6) is -1.08. The first kappa shape index (κ1) is 11.3. The molecule has 0 aliphatic rings. The van der Waals surface area contributed by atoms with E-state index in [2.05, 4.69) is 11.7 Å². The number of halogens is 2. The second kappa shape index (κ2) is 4.01. The molecule has 0 amide bonds. The number of aromatic nitrogens is 2. The minimum atomic E-state index is -0.715. The minimum Gasteiger partial charge on any atom is -0.384 e. The topological polar surface area (TPSA) is 43.8 Å². The molecule has 1 heterocycles. The summed E-state index contributed by atoms with van der Waals surface area (Å²) >= 11 is 0. The number of rotatable bonds is 2. The summed E-state index contributed by atoms with van der Waals surface area (Å²) in [7, 11) is 0. The Balaban J connectivity index is 2.56. The molecule has 0 saturated heterocycles. The van der Waals surface area contributed by atoms with E-state index in [4.69, 9.17) is 5.73 Å². The van der Waals surface area contributed by atoms with E-state index in [1.54, 1.807) is 13.0 Å². The van der Waals surface area contributed by atoms with E-state index in [0.29, 0.717) is 5.69 Å². The van der Waals surface area contributed by atoms with Gasteiger partial charge >= 0.3 is 0 Å². The van der Waals surface area contributed by atoms with E-state index in [0.717, 1.165) is 17.7 Å². The zero-order valence-electron chi connectivity index (χ0n) is 9.24. The fourth-order valence-corrected chi connectivity index (χ4v) is 1.45. The Morgan fingerprint density at radius 3 is 2.59 bits per heavy atom. The lowest BCUT2D eigenvalue weighted by Crippen LogP contribution is -2.04. The van der Waals surface area contributed by atoms with Crippen LogP contribution >= 0.6 is 0 Å². The standard InChI is InChI=1S/C12H11F2N3/c1-7(2)10-6-12(15)17(16-10)11-4-3-8(13)5-9(11)14/h3-6H,1,15H2,2H3. The van der Waals surface area contributed by atoms with Gasteiger partial charge in [0.2, 0.25) is 0 Å². The second-order valence-electron chi connectivity index (χ2n) is 3.74. The number of nitrogen functional groups attached to an aromatic ring is 1. The van der Waals surface area contributed by atoms with Crippen LogP contribution in [0.4, 0.5) is 14.6 Å². The molecule has 0 aliphatic carbocycles. The van der Waals surface area contributed by atoms with E-state index >= 15 is 0 Å². The van der Waals surface area contributed by atoms with Crippen molar-refractivity contribution in [3.63, 3.8) is 0 Å². The van der Waals surface area contributed by atoms with Crippen LogP contribution in [-0.2, 0) is 0 Å². The molecule has 0 spiro atoms. The van der Waals surface area contributed by atoms with Crippen LogP contribution in [0.2, 0.25) is 0 Å². The molecule has 0 atom stereocenters. The molecule has 2 aromatic rings. The molecule has 17 heavy (non-hydrogen) atoms. The van der Waals surface area contributed by atoms with Gasteiger partial charge in [-0.2, -0.15) is 5.10 Å². The van der Waals surface area contributed by atoms with Gasteiger partial charge in [0.1, 0.15) is 17.3 Å². The van der Waals surface area contributed by atoms with Crippen LogP contribution in [0, 0.1) is 11.6 Å². The summed E-state index contributed by atoms with van der Waals surface area (Å²) in [6.45, 7) is 5.50. The molecule has 0 radical (unpaired) electrons. The van der Waals surface area contributed by atoms with E-state index in [-0.39, 0.29) is 11.5 Å². The SMILES string of the molecule is C=C(C)c1cc(N)n(-c2ccc(F)cc2F)n1. The van der Waals surface area contributed by atoms with Crippen molar-refractivity contribution in [2.24, 2.45) is 0 Å². The van der Waals surface area contributed by atoms with Crippen molar-refractivity contribution < 1.29 is 8.78 Å². The molecule has 0 bridgehead atoms. The Labute approximate surface area is 97.2 Å². The largest absolute Gasteiger partial charge is 0.384 e. The van der Waals surface area contributed by atoms with Gasteiger partial charge in [-0.05, 0) is 24.6 Å². The van der Waals surface area contributed by atoms with Crippen molar-refractivity contribution in [3.8, 4) is 5.69 Å². The summed E-state index contributed by atoms with van der Waals surface area (Å²) in [6.07, 6.45) is 0. The average molecular weight is 235 g/mol. The van der Waals surface area contributed by atoms with E-state index in [1.807, 2.05) is 0 Å². The Hall–Kier alpha value is -2.17. The van der Waals surface area contributed by atoms with Crippen LogP contribution in [-0.4, -0.2) is 9.78 Å². The molecule has 0 saturated carbocycles. The molecule has 5 heteroatoms. The van der Waals surface area contributed by atoms with Crippen LogP contribution in [0.15, 0.2) is 30.8 Å². The molecular formula is C12H11F2N3. The number of nitrogens with zero attached hydrogens (tertiary/aromatic N) is 2. The van der Waals surface area contributed by atoms with Gasteiger partial charge in [0.15, 0.2) is 5.82 Å². The van der Waals surface area contributed by atoms with E-state index in [9.17, 15) is 8.78 Å². The third-order valence-electron chi connectivity index (χ3n) is 2.31. The van der Waals surface area contributed by atoms with Crippen LogP contribution in [0.3, 0.4) is 0 Å². The van der Waals surface area contributed by atoms with Crippen LogP contribution in [0.5, 0.6) is 0 Å². The Kier molecular flexibility index (Phi) is 2.67. The maximum absolute atomic E-state index is 13.5. The van der Waals surface area contributed by atoms with E-state index in [1.165, 1.54) is 10.7 Å². The van der Waals surface area contributed by atoms with Crippen molar-refractivity contribution in [2.45, 2.75) is 6.92 Å². The molecule has 1 aromatic heterocycles. The summed E-state index contributed by atoms with van der Waals surface area (Å²) in [5.41, 5.74) is 7.12. The fraction of sp³-hybridized carbons (Fsp3) is 0.0833. The van der Waals surface area contributed by atoms with Crippen molar-refractivity contribution in [3.05, 3.63) is 48.2 Å². The fourth-order valence-electron chi connectivity index (χ4n) is 1.45. The Morgan fingerprint density at radius 1 is 1.35 bits per heavy atom. The number of hydrogen-bond acceptors (Lipinski definition) is 2. The van der Waals surface area contributed by atoms with Gasteiger partial charge in [-0.3, -0.25) is 0 Å². The number of anilines is 1. The smallest absolute Gasteiger partial charge is 0.151 e. The van der Waals surface area contributed by atoms with Gasteiger partial charge in [-0.1, -0.05) is 6.58 Å². The minimum absolute atomic E-state index is 0.108. The van der Waals surface area contributed by atoms with Gasteiger partial charge in [-0.25, -0.2) is 13.5 Å². The lowest BCUT2D eigenvalue weighted by Gasteiger charge is -2.05. The third kappa shape index (κ3) is 2.04. The molecule has 0 aliphatic heterocycles. The van der Waals surface area contributed by atoms with Gasteiger partial charge < -0.3 is 5.73 Å². The Morgan fingerprint density at radius 2 is 2.06 bits per heavy atom. The maximum Gasteiger partial charge on any atom is 0.151 e. The van der Waals surface area contributed by atoms with Gasteiger partial charge in [-0.15, -0.1) is 0 Å². The predicted molar refractivity (Wildman–Crippen MR) is 62.6 cm³/mol. The first-order valence-corrected chi connectivity index (χ1v) is 4.96. The van der Waals surface area contributed by atoms with Crippen molar-refractivity contribution in [1.82, 2.24) is 9.78 Å².